The van der Waals surface area contributed by atoms with E-state index in [0.717, 1.165) is 70.2 Å². The molecule has 5 rings (SSSR count). The summed E-state index contributed by atoms with van der Waals surface area (Å²) >= 11 is 1.46. The Morgan fingerprint density at radius 2 is 1.76 bits per heavy atom. The van der Waals surface area contributed by atoms with Crippen molar-refractivity contribution in [3.63, 3.8) is 0 Å². The van der Waals surface area contributed by atoms with Crippen LogP contribution in [0.4, 0.5) is 5.69 Å². The van der Waals surface area contributed by atoms with Gasteiger partial charge in [0, 0.05) is 17.2 Å². The molecule has 1 spiro atoms. The van der Waals surface area contributed by atoms with Gasteiger partial charge in [0.1, 0.15) is 4.88 Å². The molecule has 230 valence electrons. The number of thiophene rings is 1. The van der Waals surface area contributed by atoms with E-state index in [0.29, 0.717) is 10.9 Å². The summed E-state index contributed by atoms with van der Waals surface area (Å²) in [5.41, 5.74) is 3.74. The SMILES string of the molecule is CC.CC1CCCCC1.COC(=O)c1sc(C#CC(C)(C)C)cc1N(C(C)=C1CCC1)C1CCC2(CC1)OCCP2. The molecule has 4 aliphatic rings. The fourth-order valence-corrected chi connectivity index (χ4v) is 8.61. The van der Waals surface area contributed by atoms with E-state index in [4.69, 9.17) is 9.47 Å². The zero-order valence-corrected chi connectivity index (χ0v) is 29.0. The van der Waals surface area contributed by atoms with Crippen LogP contribution in [0, 0.1) is 23.2 Å². The molecular weight excluding hydrogens is 545 g/mol. The average molecular weight is 602 g/mol. The molecule has 0 amide bonds. The highest BCUT2D eigenvalue weighted by Crippen LogP contribution is 2.51. The van der Waals surface area contributed by atoms with Crippen LogP contribution in [0.5, 0.6) is 0 Å². The van der Waals surface area contributed by atoms with Gasteiger partial charge in [-0.2, -0.15) is 0 Å². The van der Waals surface area contributed by atoms with E-state index in [-0.39, 0.29) is 16.7 Å². The van der Waals surface area contributed by atoms with Crippen LogP contribution in [0.25, 0.3) is 0 Å². The molecule has 3 saturated carbocycles. The molecule has 1 saturated heterocycles. The van der Waals surface area contributed by atoms with E-state index in [1.807, 2.05) is 13.8 Å². The molecule has 1 aliphatic heterocycles. The van der Waals surface area contributed by atoms with Crippen LogP contribution in [-0.4, -0.2) is 37.2 Å². The number of hydrogen-bond donors (Lipinski definition) is 0. The minimum atomic E-state index is -0.266. The van der Waals surface area contributed by atoms with Gasteiger partial charge in [0.25, 0.3) is 0 Å². The van der Waals surface area contributed by atoms with E-state index >= 15 is 0 Å². The van der Waals surface area contributed by atoms with Crippen LogP contribution in [0.3, 0.4) is 0 Å². The Labute approximate surface area is 257 Å². The molecule has 0 aromatic carbocycles. The average Bonchev–Trinajstić information content (AvgIpc) is 3.56. The first-order valence-electron chi connectivity index (χ1n) is 16.2. The Kier molecular flexibility index (Phi) is 13.3. The number of carbonyl (C=O) groups excluding carboxylic acids is 1. The molecule has 0 N–H and O–H groups in total. The van der Waals surface area contributed by atoms with Gasteiger partial charge in [-0.1, -0.05) is 78.9 Å². The molecule has 4 fully saturated rings. The summed E-state index contributed by atoms with van der Waals surface area (Å²) < 4.78 is 11.4. The molecule has 6 heteroatoms. The lowest BCUT2D eigenvalue weighted by atomic mass is 9.87. The minimum Gasteiger partial charge on any atom is -0.465 e. The van der Waals surface area contributed by atoms with E-state index < -0.39 is 0 Å². The predicted molar refractivity (Wildman–Crippen MR) is 179 cm³/mol. The molecule has 0 bridgehead atoms. The highest BCUT2D eigenvalue weighted by Gasteiger charge is 2.41. The Morgan fingerprint density at radius 1 is 1.10 bits per heavy atom. The molecule has 41 heavy (non-hydrogen) atoms. The number of anilines is 1. The first-order chi connectivity index (χ1) is 19.6. The van der Waals surface area contributed by atoms with E-state index in [2.05, 4.69) is 57.4 Å². The normalized spacial score (nSPS) is 24.7. The van der Waals surface area contributed by atoms with Gasteiger partial charge < -0.3 is 14.4 Å². The van der Waals surface area contributed by atoms with Crippen molar-refractivity contribution < 1.29 is 14.3 Å². The summed E-state index contributed by atoms with van der Waals surface area (Å²) in [4.78, 5) is 16.9. The van der Waals surface area contributed by atoms with E-state index in [1.54, 1.807) is 0 Å². The summed E-state index contributed by atoms with van der Waals surface area (Å²) in [5, 5.41) is 0.128. The van der Waals surface area contributed by atoms with Crippen molar-refractivity contribution in [2.24, 2.45) is 11.3 Å². The van der Waals surface area contributed by atoms with Crippen LogP contribution in [0.1, 0.15) is 140 Å². The Bertz CT molecular complexity index is 1060. The summed E-state index contributed by atoms with van der Waals surface area (Å²) in [6, 6.07) is 2.50. The first kappa shape index (κ1) is 34.2. The number of nitrogens with zero attached hydrogens (tertiary/aromatic N) is 1. The van der Waals surface area contributed by atoms with Crippen LogP contribution in [0.15, 0.2) is 17.3 Å². The van der Waals surface area contributed by atoms with Gasteiger partial charge in [0.2, 0.25) is 0 Å². The standard InChI is InChI=1S/C26H36NO3PS.C7H14.C2H6/c1-18(19-7-6-8-19)27(20-9-13-26(14-10-20)30-15-16-31-26)22-17-21(11-12-25(2,3)4)32-23(22)24(28)29-5;1-7-5-3-2-4-6-7;1-2/h17,20,31H,6-10,13-16H2,1-5H3;7H,2-6H2,1H3;1-2H3. The lowest BCUT2D eigenvalue weighted by Gasteiger charge is -2.43. The molecule has 4 nitrogen and oxygen atoms in total. The summed E-state index contributed by atoms with van der Waals surface area (Å²) in [7, 11) is 2.40. The van der Waals surface area contributed by atoms with Crippen molar-refractivity contribution in [3.05, 3.63) is 27.1 Å². The van der Waals surface area contributed by atoms with Gasteiger partial charge in [0.15, 0.2) is 0 Å². The molecule has 0 radical (unpaired) electrons. The van der Waals surface area contributed by atoms with Crippen LogP contribution < -0.4 is 4.90 Å². The fraction of sp³-hybridized carbons (Fsp3) is 0.743. The zero-order valence-electron chi connectivity index (χ0n) is 27.2. The molecule has 1 unspecified atom stereocenters. The van der Waals surface area contributed by atoms with Crippen molar-refractivity contribution in [2.75, 3.05) is 24.8 Å². The quantitative estimate of drug-likeness (QED) is 0.196. The Hall–Kier alpha value is -1.34. The molecule has 2 heterocycles. The van der Waals surface area contributed by atoms with Crippen molar-refractivity contribution in [1.29, 1.82) is 0 Å². The van der Waals surface area contributed by atoms with E-state index in [1.165, 1.54) is 74.4 Å². The maximum absolute atomic E-state index is 12.8. The minimum absolute atomic E-state index is 0.0845. The lowest BCUT2D eigenvalue weighted by Crippen LogP contribution is -2.42. The maximum atomic E-state index is 12.8. The monoisotopic (exact) mass is 601 g/mol. The molecular formula is C35H56NO3PS. The lowest BCUT2D eigenvalue weighted by molar-refractivity contribution is 0.0183. The van der Waals surface area contributed by atoms with Gasteiger partial charge >= 0.3 is 5.97 Å². The maximum Gasteiger partial charge on any atom is 0.350 e. The van der Waals surface area contributed by atoms with Crippen molar-refractivity contribution in [2.45, 2.75) is 137 Å². The number of carbonyl (C=O) groups is 1. The van der Waals surface area contributed by atoms with Crippen molar-refractivity contribution in [3.8, 4) is 11.8 Å². The Morgan fingerprint density at radius 3 is 2.22 bits per heavy atom. The molecule has 1 aromatic heterocycles. The third kappa shape index (κ3) is 9.58. The largest absolute Gasteiger partial charge is 0.465 e. The highest BCUT2D eigenvalue weighted by atomic mass is 32.1. The number of methoxy groups -OCH3 is 1. The highest BCUT2D eigenvalue weighted by molar-refractivity contribution is 7.40. The summed E-state index contributed by atoms with van der Waals surface area (Å²) in [6.45, 7) is 15.8. The first-order valence-corrected chi connectivity index (χ1v) is 18.3. The van der Waals surface area contributed by atoms with E-state index in [9.17, 15) is 4.79 Å². The second kappa shape index (κ2) is 15.9. The topological polar surface area (TPSA) is 38.8 Å². The second-order valence-corrected chi connectivity index (χ2v) is 15.8. The number of ether oxygens (including phenoxy) is 2. The van der Waals surface area contributed by atoms with Crippen LogP contribution in [-0.2, 0) is 9.47 Å². The van der Waals surface area contributed by atoms with Gasteiger partial charge in [0.05, 0.1) is 29.6 Å². The summed E-state index contributed by atoms with van der Waals surface area (Å²) in [6.07, 6.45) is 16.7. The van der Waals surface area contributed by atoms with Crippen LogP contribution >= 0.6 is 19.9 Å². The summed E-state index contributed by atoms with van der Waals surface area (Å²) in [5.74, 6) is 7.41. The Balaban J connectivity index is 0.000000443. The van der Waals surface area contributed by atoms with Gasteiger partial charge in [-0.25, -0.2) is 4.79 Å². The number of allylic oxidation sites excluding steroid dienone is 2. The zero-order chi connectivity index (χ0) is 30.0. The molecule has 1 atom stereocenters. The van der Waals surface area contributed by atoms with Crippen molar-refractivity contribution >= 4 is 31.6 Å². The number of esters is 1. The van der Waals surface area contributed by atoms with Gasteiger partial charge in [-0.15, -0.1) is 11.3 Å². The smallest absolute Gasteiger partial charge is 0.350 e. The number of rotatable bonds is 4. The van der Waals surface area contributed by atoms with Gasteiger partial charge in [-0.05, 0) is 90.8 Å². The van der Waals surface area contributed by atoms with Crippen molar-refractivity contribution in [1.82, 2.24) is 0 Å². The number of hydrogen-bond acceptors (Lipinski definition) is 5. The fourth-order valence-electron chi connectivity index (χ4n) is 6.18. The third-order valence-electron chi connectivity index (χ3n) is 8.68. The predicted octanol–water partition coefficient (Wildman–Crippen LogP) is 10.2. The third-order valence-corrected chi connectivity index (χ3v) is 11.4. The van der Waals surface area contributed by atoms with Gasteiger partial charge in [-0.3, -0.25) is 0 Å². The molecule has 3 aliphatic carbocycles. The second-order valence-electron chi connectivity index (χ2n) is 13.0. The molecule has 1 aromatic rings. The van der Waals surface area contributed by atoms with Crippen LogP contribution in [0.2, 0.25) is 0 Å².